The van der Waals surface area contributed by atoms with Gasteiger partial charge in [0.05, 0.1) is 11.6 Å². The van der Waals surface area contributed by atoms with Gasteiger partial charge in [-0.2, -0.15) is 14.6 Å². The Kier molecular flexibility index (Phi) is 7.64. The van der Waals surface area contributed by atoms with Gasteiger partial charge in [-0.15, -0.1) is 0 Å². The normalized spacial score (nSPS) is 16.9. The maximum Gasteiger partial charge on any atom is 0.338 e. The Morgan fingerprint density at radius 3 is 2.84 bits per heavy atom. The Bertz CT molecular complexity index is 1850. The van der Waals surface area contributed by atoms with Crippen molar-refractivity contribution in [3.8, 4) is 5.75 Å². The molecule has 2 atom stereocenters. The van der Waals surface area contributed by atoms with Gasteiger partial charge < -0.3 is 20.1 Å². The highest BCUT2D eigenvalue weighted by Crippen LogP contribution is 2.35. The molecule has 2 amide bonds. The van der Waals surface area contributed by atoms with Gasteiger partial charge in [0.15, 0.2) is 11.9 Å². The number of amides is 2. The fraction of sp³-hybridized carbons (Fsp3) is 0.281. The first-order valence-electron chi connectivity index (χ1n) is 14.2. The standard InChI is InChI=1S/C32H30N6O6/c1-4-11-43-31(42)22-6-7-23-21(17(22)2)8-9-24(23)36-30(41)26-14-25(37-32-34-16-35-38(26)32)29(40)33-15-19-5-10-28-20(12-19)13-27(39)18(3)44-28/h4-7,10,12,14,16,18,24H,1,8-9,11,13,15H2,2-3H3,(H,33,40)(H,36,41)/t18?,24-/m0/s1. The van der Waals surface area contributed by atoms with E-state index in [1.54, 1.807) is 19.1 Å². The summed E-state index contributed by atoms with van der Waals surface area (Å²) < 4.78 is 12.1. The molecule has 2 N–H and O–H groups in total. The number of rotatable bonds is 8. The van der Waals surface area contributed by atoms with E-state index in [0.29, 0.717) is 24.2 Å². The molecule has 1 aliphatic heterocycles. The molecular weight excluding hydrogens is 564 g/mol. The molecule has 12 nitrogen and oxygen atoms in total. The highest BCUT2D eigenvalue weighted by Gasteiger charge is 2.29. The molecule has 0 saturated heterocycles. The zero-order chi connectivity index (χ0) is 31.0. The fourth-order valence-electron chi connectivity index (χ4n) is 5.64. The van der Waals surface area contributed by atoms with Crippen LogP contribution in [0.3, 0.4) is 0 Å². The van der Waals surface area contributed by atoms with E-state index in [4.69, 9.17) is 9.47 Å². The highest BCUT2D eigenvalue weighted by atomic mass is 16.5. The molecule has 0 bridgehead atoms. The molecular formula is C32H30N6O6. The number of carbonyl (C=O) groups excluding carboxylic acids is 4. The molecule has 0 saturated carbocycles. The Morgan fingerprint density at radius 1 is 1.18 bits per heavy atom. The maximum absolute atomic E-state index is 13.6. The SMILES string of the molecule is C=CCOC(=O)c1ccc2c(c1C)CC[C@@H]2NC(=O)c1cc(C(=O)NCc2ccc3c(c2)CC(=O)C(C)O3)nc2ncnn12. The summed E-state index contributed by atoms with van der Waals surface area (Å²) >= 11 is 0. The van der Waals surface area contributed by atoms with Gasteiger partial charge in [-0.25, -0.2) is 9.78 Å². The van der Waals surface area contributed by atoms with E-state index in [0.717, 1.165) is 27.8 Å². The molecule has 0 spiro atoms. The van der Waals surface area contributed by atoms with Crippen LogP contribution in [0.1, 0.15) is 78.5 Å². The number of nitrogens with one attached hydrogen (secondary N) is 2. The van der Waals surface area contributed by atoms with Gasteiger partial charge in [-0.05, 0) is 67.1 Å². The number of ketones is 1. The number of aromatic nitrogens is 4. The quantitative estimate of drug-likeness (QED) is 0.231. The van der Waals surface area contributed by atoms with Crippen LogP contribution in [0.25, 0.3) is 5.78 Å². The maximum atomic E-state index is 13.6. The van der Waals surface area contributed by atoms with Crippen LogP contribution in [0.2, 0.25) is 0 Å². The van der Waals surface area contributed by atoms with E-state index in [1.807, 2.05) is 25.1 Å². The van der Waals surface area contributed by atoms with Crippen LogP contribution in [-0.2, 0) is 28.9 Å². The molecule has 1 unspecified atom stereocenters. The van der Waals surface area contributed by atoms with Crippen molar-refractivity contribution in [3.63, 3.8) is 0 Å². The number of benzene rings is 2. The second-order valence-corrected chi connectivity index (χ2v) is 10.8. The summed E-state index contributed by atoms with van der Waals surface area (Å²) in [6.45, 7) is 7.47. The lowest BCUT2D eigenvalue weighted by Crippen LogP contribution is -2.31. The number of esters is 1. The Morgan fingerprint density at radius 2 is 2.02 bits per heavy atom. The predicted molar refractivity (Wildman–Crippen MR) is 157 cm³/mol. The van der Waals surface area contributed by atoms with Crippen LogP contribution in [-0.4, -0.2) is 55.9 Å². The number of fused-ring (bicyclic) bond motifs is 3. The lowest BCUT2D eigenvalue weighted by molar-refractivity contribution is -0.125. The minimum Gasteiger partial charge on any atom is -0.483 e. The van der Waals surface area contributed by atoms with Crippen LogP contribution in [0, 0.1) is 6.92 Å². The van der Waals surface area contributed by atoms with Crippen molar-refractivity contribution < 1.29 is 28.7 Å². The lowest BCUT2D eigenvalue weighted by Gasteiger charge is -2.22. The van der Waals surface area contributed by atoms with Gasteiger partial charge in [-0.1, -0.05) is 24.8 Å². The summed E-state index contributed by atoms with van der Waals surface area (Å²) in [6.07, 6.45) is 3.90. The number of carbonyl (C=O) groups is 4. The van der Waals surface area contributed by atoms with Crippen LogP contribution >= 0.6 is 0 Å². The van der Waals surface area contributed by atoms with E-state index in [2.05, 4.69) is 32.3 Å². The molecule has 224 valence electrons. The molecule has 0 fully saturated rings. The van der Waals surface area contributed by atoms with Crippen LogP contribution in [0.5, 0.6) is 5.75 Å². The largest absolute Gasteiger partial charge is 0.483 e. The second kappa shape index (κ2) is 11.7. The first-order chi connectivity index (χ1) is 21.2. The third kappa shape index (κ3) is 5.41. The molecule has 12 heteroatoms. The second-order valence-electron chi connectivity index (χ2n) is 10.8. The van der Waals surface area contributed by atoms with E-state index in [9.17, 15) is 19.2 Å². The fourth-order valence-corrected chi connectivity index (χ4v) is 5.64. The van der Waals surface area contributed by atoms with Crippen molar-refractivity contribution in [2.45, 2.75) is 51.8 Å². The van der Waals surface area contributed by atoms with Crippen LogP contribution in [0.15, 0.2) is 55.4 Å². The van der Waals surface area contributed by atoms with Gasteiger partial charge >= 0.3 is 5.97 Å². The van der Waals surface area contributed by atoms with E-state index in [-0.39, 0.29) is 48.6 Å². The summed E-state index contributed by atoms with van der Waals surface area (Å²) in [5, 5.41) is 10.00. The molecule has 44 heavy (non-hydrogen) atoms. The zero-order valence-corrected chi connectivity index (χ0v) is 24.3. The van der Waals surface area contributed by atoms with Crippen molar-refractivity contribution in [1.82, 2.24) is 30.2 Å². The van der Waals surface area contributed by atoms with Crippen LogP contribution in [0.4, 0.5) is 0 Å². The molecule has 2 aromatic heterocycles. The number of ether oxygens (including phenoxy) is 2. The first kappa shape index (κ1) is 28.7. The predicted octanol–water partition coefficient (Wildman–Crippen LogP) is 3.02. The zero-order valence-electron chi connectivity index (χ0n) is 24.3. The molecule has 3 heterocycles. The van der Waals surface area contributed by atoms with Gasteiger partial charge in [0.25, 0.3) is 17.6 Å². The average molecular weight is 595 g/mol. The van der Waals surface area contributed by atoms with Crippen molar-refractivity contribution in [1.29, 1.82) is 0 Å². The minimum absolute atomic E-state index is 0.000214. The number of hydrogen-bond donors (Lipinski definition) is 2. The summed E-state index contributed by atoms with van der Waals surface area (Å²) in [7, 11) is 0. The van der Waals surface area contributed by atoms with Gasteiger partial charge in [0, 0.05) is 24.6 Å². The number of hydrogen-bond acceptors (Lipinski definition) is 9. The average Bonchev–Trinajstić information content (AvgIpc) is 3.66. The first-order valence-corrected chi connectivity index (χ1v) is 14.2. The number of Topliss-reactive ketones (excluding diaryl/α,β-unsaturated/α-hetero) is 1. The highest BCUT2D eigenvalue weighted by molar-refractivity contribution is 5.98. The Hall–Kier alpha value is -5.39. The number of nitrogens with zero attached hydrogens (tertiary/aromatic N) is 4. The molecule has 4 aromatic rings. The summed E-state index contributed by atoms with van der Waals surface area (Å²) in [6, 6.07) is 10.1. The van der Waals surface area contributed by atoms with Crippen LogP contribution < -0.4 is 15.4 Å². The monoisotopic (exact) mass is 594 g/mol. The topological polar surface area (TPSA) is 154 Å². The lowest BCUT2D eigenvalue weighted by atomic mass is 9.98. The van der Waals surface area contributed by atoms with E-state index >= 15 is 0 Å². The van der Waals surface area contributed by atoms with Gasteiger partial charge in [0.1, 0.15) is 30.1 Å². The van der Waals surface area contributed by atoms with E-state index < -0.39 is 23.9 Å². The Balaban J connectivity index is 1.18. The summed E-state index contributed by atoms with van der Waals surface area (Å²) in [4.78, 5) is 59.6. The third-order valence-corrected chi connectivity index (χ3v) is 7.97. The van der Waals surface area contributed by atoms with Crippen molar-refractivity contribution in [2.75, 3.05) is 6.61 Å². The van der Waals surface area contributed by atoms with Gasteiger partial charge in [-0.3, -0.25) is 14.4 Å². The minimum atomic E-state index is -0.499. The molecule has 2 aliphatic rings. The summed E-state index contributed by atoms with van der Waals surface area (Å²) in [5.41, 5.74) is 4.89. The molecule has 6 rings (SSSR count). The summed E-state index contributed by atoms with van der Waals surface area (Å²) in [5.74, 6) is -0.601. The van der Waals surface area contributed by atoms with Crippen molar-refractivity contribution in [3.05, 3.63) is 100 Å². The molecule has 0 radical (unpaired) electrons. The van der Waals surface area contributed by atoms with Gasteiger partial charge in [0.2, 0.25) is 0 Å². The Labute approximate surface area is 252 Å². The van der Waals surface area contributed by atoms with E-state index in [1.165, 1.54) is 23.0 Å². The smallest absolute Gasteiger partial charge is 0.338 e. The third-order valence-electron chi connectivity index (χ3n) is 7.97. The molecule has 1 aliphatic carbocycles. The van der Waals surface area contributed by atoms with Crippen molar-refractivity contribution in [2.24, 2.45) is 0 Å². The van der Waals surface area contributed by atoms with Crippen molar-refractivity contribution >= 4 is 29.3 Å². The molecule has 2 aromatic carbocycles.